The minimum absolute atomic E-state index is 0.725. The third kappa shape index (κ3) is 0.693. The fourth-order valence-electron chi connectivity index (χ4n) is 0.930. The Balaban J connectivity index is 2.93. The van der Waals surface area contributed by atoms with Crippen molar-refractivity contribution in [3.63, 3.8) is 0 Å². The Kier molecular flexibility index (Phi) is 1.14. The molecule has 0 aliphatic rings. The number of aromatic amines is 1. The molecule has 0 radical (unpaired) electrons. The first-order valence-electron chi connectivity index (χ1n) is 2.94. The molecule has 10 heavy (non-hydrogen) atoms. The molecule has 0 bridgehead atoms. The quantitative estimate of drug-likeness (QED) is 0.616. The van der Waals surface area contributed by atoms with Crippen molar-refractivity contribution in [3.8, 4) is 0 Å². The van der Waals surface area contributed by atoms with Crippen LogP contribution in [0.15, 0.2) is 24.7 Å². The summed E-state index contributed by atoms with van der Waals surface area (Å²) < 4.78 is 0. The molecule has 0 unspecified atom stereocenters. The van der Waals surface area contributed by atoms with Gasteiger partial charge in [-0.1, -0.05) is 11.6 Å². The minimum Gasteiger partial charge on any atom is -0.360 e. The second-order valence-electron chi connectivity index (χ2n) is 2.06. The topological polar surface area (TPSA) is 28.7 Å². The summed E-state index contributed by atoms with van der Waals surface area (Å²) in [4.78, 5) is 6.96. The van der Waals surface area contributed by atoms with Crippen LogP contribution in [-0.2, 0) is 0 Å². The van der Waals surface area contributed by atoms with Crippen molar-refractivity contribution in [1.82, 2.24) is 9.97 Å². The first kappa shape index (κ1) is 5.74. The molecule has 1 N–H and O–H groups in total. The number of halogens is 1. The first-order valence-corrected chi connectivity index (χ1v) is 3.32. The number of H-pyrrole nitrogens is 1. The number of rotatable bonds is 0. The lowest BCUT2D eigenvalue weighted by molar-refractivity contribution is 1.36. The molecule has 0 aliphatic heterocycles. The van der Waals surface area contributed by atoms with Crippen LogP contribution >= 0.6 is 11.6 Å². The van der Waals surface area contributed by atoms with Crippen LogP contribution in [0.3, 0.4) is 0 Å². The summed E-state index contributed by atoms with van der Waals surface area (Å²) in [6, 6.07) is 1.89. The molecule has 0 saturated carbocycles. The largest absolute Gasteiger partial charge is 0.360 e. The van der Waals surface area contributed by atoms with E-state index in [9.17, 15) is 0 Å². The molecule has 0 aliphatic carbocycles. The summed E-state index contributed by atoms with van der Waals surface area (Å²) in [5.41, 5.74) is 1.03. The van der Waals surface area contributed by atoms with Gasteiger partial charge in [0.15, 0.2) is 0 Å². The summed E-state index contributed by atoms with van der Waals surface area (Å²) >= 11 is 5.80. The van der Waals surface area contributed by atoms with Gasteiger partial charge in [0.1, 0.15) is 0 Å². The van der Waals surface area contributed by atoms with Gasteiger partial charge in [-0.25, -0.2) is 0 Å². The molecule has 0 amide bonds. The molecule has 0 atom stereocenters. The molecule has 2 rings (SSSR count). The molecule has 2 nitrogen and oxygen atoms in total. The highest BCUT2D eigenvalue weighted by atomic mass is 35.5. The third-order valence-corrected chi connectivity index (χ3v) is 1.75. The molecule has 2 aromatic heterocycles. The zero-order chi connectivity index (χ0) is 6.97. The van der Waals surface area contributed by atoms with Crippen LogP contribution in [0, 0.1) is 0 Å². The molecular weight excluding hydrogens is 148 g/mol. The molecule has 0 saturated heterocycles. The van der Waals surface area contributed by atoms with Crippen LogP contribution in [-0.4, -0.2) is 9.97 Å². The second kappa shape index (κ2) is 1.99. The van der Waals surface area contributed by atoms with E-state index in [0.717, 1.165) is 15.9 Å². The van der Waals surface area contributed by atoms with Gasteiger partial charge >= 0.3 is 0 Å². The van der Waals surface area contributed by atoms with Crippen molar-refractivity contribution in [2.45, 2.75) is 0 Å². The van der Waals surface area contributed by atoms with Gasteiger partial charge < -0.3 is 4.98 Å². The predicted octanol–water partition coefficient (Wildman–Crippen LogP) is 2.22. The van der Waals surface area contributed by atoms with Crippen molar-refractivity contribution < 1.29 is 0 Å². The van der Waals surface area contributed by atoms with Gasteiger partial charge in [-0.05, 0) is 6.07 Å². The van der Waals surface area contributed by atoms with E-state index in [-0.39, 0.29) is 0 Å². The van der Waals surface area contributed by atoms with E-state index >= 15 is 0 Å². The van der Waals surface area contributed by atoms with Crippen LogP contribution < -0.4 is 0 Å². The maximum atomic E-state index is 5.80. The van der Waals surface area contributed by atoms with Gasteiger partial charge in [-0.15, -0.1) is 0 Å². The molecule has 0 spiro atoms. The van der Waals surface area contributed by atoms with Crippen LogP contribution in [0.4, 0.5) is 0 Å². The van der Waals surface area contributed by atoms with Crippen molar-refractivity contribution in [1.29, 1.82) is 0 Å². The smallest absolute Gasteiger partial charge is 0.0674 e. The summed E-state index contributed by atoms with van der Waals surface area (Å²) in [6.45, 7) is 0. The summed E-state index contributed by atoms with van der Waals surface area (Å²) in [7, 11) is 0. The van der Waals surface area contributed by atoms with E-state index in [1.807, 2.05) is 6.07 Å². The number of nitrogens with one attached hydrogen (secondary N) is 1. The molecular formula is C7H5ClN2. The van der Waals surface area contributed by atoms with E-state index in [0.29, 0.717) is 0 Å². The Morgan fingerprint density at radius 3 is 3.20 bits per heavy atom. The average Bonchev–Trinajstić information content (AvgIpc) is 2.34. The molecule has 2 heterocycles. The lowest BCUT2D eigenvalue weighted by Crippen LogP contribution is -1.68. The highest BCUT2D eigenvalue weighted by Gasteiger charge is 1.97. The van der Waals surface area contributed by atoms with Gasteiger partial charge in [0.05, 0.1) is 10.5 Å². The van der Waals surface area contributed by atoms with Gasteiger partial charge in [0.25, 0.3) is 0 Å². The number of aromatic nitrogens is 2. The number of nitrogens with zero attached hydrogens (tertiary/aromatic N) is 1. The maximum absolute atomic E-state index is 5.80. The van der Waals surface area contributed by atoms with Crippen LogP contribution in [0.1, 0.15) is 0 Å². The minimum atomic E-state index is 0.725. The predicted molar refractivity (Wildman–Crippen MR) is 41.1 cm³/mol. The van der Waals surface area contributed by atoms with Crippen molar-refractivity contribution >= 4 is 22.5 Å². The summed E-state index contributed by atoms with van der Waals surface area (Å²) in [5.74, 6) is 0. The number of pyridine rings is 1. The van der Waals surface area contributed by atoms with Crippen LogP contribution in [0.5, 0.6) is 0 Å². The molecule has 2 aromatic rings. The Bertz CT molecular complexity index is 353. The standard InChI is InChI=1S/C7H5ClN2/c8-6-4-10-7-1-2-9-3-5(6)7/h1-4,10H. The molecule has 0 aromatic carbocycles. The van der Waals surface area contributed by atoms with Gasteiger partial charge in [-0.2, -0.15) is 0 Å². The summed E-state index contributed by atoms with van der Waals surface area (Å²) in [6.07, 6.45) is 5.23. The number of fused-ring (bicyclic) bond motifs is 1. The van der Waals surface area contributed by atoms with E-state index < -0.39 is 0 Å². The lowest BCUT2D eigenvalue weighted by Gasteiger charge is -1.84. The van der Waals surface area contributed by atoms with Crippen molar-refractivity contribution in [2.75, 3.05) is 0 Å². The first-order chi connectivity index (χ1) is 4.88. The van der Waals surface area contributed by atoms with Gasteiger partial charge in [0, 0.05) is 24.0 Å². The monoisotopic (exact) mass is 152 g/mol. The average molecular weight is 153 g/mol. The zero-order valence-electron chi connectivity index (χ0n) is 5.13. The SMILES string of the molecule is Clc1c[nH]c2ccncc12. The second-order valence-corrected chi connectivity index (χ2v) is 2.47. The molecule has 3 heteroatoms. The van der Waals surface area contributed by atoms with E-state index in [1.54, 1.807) is 18.6 Å². The van der Waals surface area contributed by atoms with E-state index in [2.05, 4.69) is 9.97 Å². The molecule has 50 valence electrons. The third-order valence-electron chi connectivity index (χ3n) is 1.43. The fourth-order valence-corrected chi connectivity index (χ4v) is 1.13. The van der Waals surface area contributed by atoms with Gasteiger partial charge in [0.2, 0.25) is 0 Å². The number of hydrogen-bond donors (Lipinski definition) is 1. The maximum Gasteiger partial charge on any atom is 0.0674 e. The van der Waals surface area contributed by atoms with Gasteiger partial charge in [-0.3, -0.25) is 4.98 Å². The van der Waals surface area contributed by atoms with E-state index in [4.69, 9.17) is 11.6 Å². The van der Waals surface area contributed by atoms with Crippen molar-refractivity contribution in [2.24, 2.45) is 0 Å². The molecule has 0 fully saturated rings. The van der Waals surface area contributed by atoms with Crippen LogP contribution in [0.2, 0.25) is 5.02 Å². The Morgan fingerprint density at radius 1 is 1.50 bits per heavy atom. The number of hydrogen-bond acceptors (Lipinski definition) is 1. The Morgan fingerprint density at radius 2 is 2.40 bits per heavy atom. The highest BCUT2D eigenvalue weighted by Crippen LogP contribution is 2.20. The summed E-state index contributed by atoms with van der Waals surface area (Å²) in [5, 5.41) is 1.70. The normalized spacial score (nSPS) is 10.5. The van der Waals surface area contributed by atoms with Crippen LogP contribution in [0.25, 0.3) is 10.9 Å². The zero-order valence-corrected chi connectivity index (χ0v) is 5.89. The Hall–Kier alpha value is -1.02. The highest BCUT2D eigenvalue weighted by molar-refractivity contribution is 6.35. The van der Waals surface area contributed by atoms with E-state index in [1.165, 1.54) is 0 Å². The lowest BCUT2D eigenvalue weighted by atomic mass is 10.3. The van der Waals surface area contributed by atoms with Crippen molar-refractivity contribution in [3.05, 3.63) is 29.7 Å². The Labute approximate surface area is 62.8 Å². The fraction of sp³-hybridized carbons (Fsp3) is 0.